The van der Waals surface area contributed by atoms with E-state index in [2.05, 4.69) is 10.1 Å². The van der Waals surface area contributed by atoms with Crippen LogP contribution in [0.25, 0.3) is 0 Å². The number of benzene rings is 1. The third-order valence-corrected chi connectivity index (χ3v) is 4.34. The van der Waals surface area contributed by atoms with Crippen LogP contribution in [0.1, 0.15) is 24.5 Å². The van der Waals surface area contributed by atoms with Gasteiger partial charge in [-0.3, -0.25) is 9.59 Å². The summed E-state index contributed by atoms with van der Waals surface area (Å²) in [6.07, 6.45) is 0.290. The van der Waals surface area contributed by atoms with Crippen LogP contribution >= 0.6 is 23.4 Å². The zero-order valence-electron chi connectivity index (χ0n) is 12.7. The van der Waals surface area contributed by atoms with Crippen molar-refractivity contribution < 1.29 is 14.3 Å². The molecule has 4 nitrogen and oxygen atoms in total. The number of amides is 1. The normalized spacial score (nSPS) is 11.9. The van der Waals surface area contributed by atoms with Crippen molar-refractivity contribution in [2.75, 3.05) is 18.2 Å². The Kier molecular flexibility index (Phi) is 7.05. The molecular weight excluding hydrogens is 310 g/mol. The lowest BCUT2D eigenvalue weighted by molar-refractivity contribution is -0.140. The standard InChI is InChI=1S/C15H20ClNO3S/c1-9-5-10(2)15(12(16)6-9)17-13(18)8-21-11(3)7-14(19)20-4/h5-6,11H,7-8H2,1-4H3,(H,17,18). The molecule has 1 rings (SSSR count). The summed E-state index contributed by atoms with van der Waals surface area (Å²) in [5, 5.41) is 3.38. The molecule has 0 fully saturated rings. The van der Waals surface area contributed by atoms with Crippen LogP contribution in [0.15, 0.2) is 12.1 Å². The van der Waals surface area contributed by atoms with Gasteiger partial charge in [-0.1, -0.05) is 24.6 Å². The van der Waals surface area contributed by atoms with Crippen molar-refractivity contribution in [3.63, 3.8) is 0 Å². The second-order valence-electron chi connectivity index (χ2n) is 4.89. The number of aryl methyl sites for hydroxylation is 2. The van der Waals surface area contributed by atoms with Crippen LogP contribution in [0.5, 0.6) is 0 Å². The van der Waals surface area contributed by atoms with Crippen molar-refractivity contribution in [3.05, 3.63) is 28.3 Å². The van der Waals surface area contributed by atoms with Gasteiger partial charge in [-0.15, -0.1) is 11.8 Å². The molecular formula is C15H20ClNO3S. The molecule has 21 heavy (non-hydrogen) atoms. The topological polar surface area (TPSA) is 55.4 Å². The first kappa shape index (κ1) is 17.9. The Morgan fingerprint density at radius 2 is 2.05 bits per heavy atom. The first-order valence-electron chi connectivity index (χ1n) is 6.58. The maximum absolute atomic E-state index is 12.0. The highest BCUT2D eigenvalue weighted by molar-refractivity contribution is 8.00. The number of carbonyl (C=O) groups excluding carboxylic acids is 2. The molecule has 0 radical (unpaired) electrons. The summed E-state index contributed by atoms with van der Waals surface area (Å²) >= 11 is 7.55. The minimum absolute atomic E-state index is 0.0257. The molecule has 1 unspecified atom stereocenters. The van der Waals surface area contributed by atoms with Gasteiger partial charge in [0, 0.05) is 5.25 Å². The molecule has 1 amide bonds. The van der Waals surface area contributed by atoms with Gasteiger partial charge in [0.1, 0.15) is 0 Å². The number of rotatable bonds is 6. The van der Waals surface area contributed by atoms with Crippen LogP contribution in [-0.2, 0) is 14.3 Å². The number of hydrogen-bond donors (Lipinski definition) is 1. The summed E-state index contributed by atoms with van der Waals surface area (Å²) < 4.78 is 4.60. The third-order valence-electron chi connectivity index (χ3n) is 2.88. The highest BCUT2D eigenvalue weighted by Gasteiger charge is 2.13. The van der Waals surface area contributed by atoms with Crippen LogP contribution in [0, 0.1) is 13.8 Å². The van der Waals surface area contributed by atoms with E-state index < -0.39 is 0 Å². The lowest BCUT2D eigenvalue weighted by Crippen LogP contribution is -2.18. The van der Waals surface area contributed by atoms with Crippen LogP contribution in [0.3, 0.4) is 0 Å². The number of esters is 1. The smallest absolute Gasteiger partial charge is 0.306 e. The summed E-state index contributed by atoms with van der Waals surface area (Å²) in [5.74, 6) is -0.139. The number of nitrogens with one attached hydrogen (secondary N) is 1. The van der Waals surface area contributed by atoms with Gasteiger partial charge in [-0.05, 0) is 31.0 Å². The van der Waals surface area contributed by atoms with Gasteiger partial charge in [-0.25, -0.2) is 0 Å². The zero-order valence-corrected chi connectivity index (χ0v) is 14.2. The molecule has 0 spiro atoms. The zero-order chi connectivity index (χ0) is 16.0. The Hall–Kier alpha value is -1.20. The average molecular weight is 330 g/mol. The minimum Gasteiger partial charge on any atom is -0.469 e. The van der Waals surface area contributed by atoms with E-state index >= 15 is 0 Å². The number of carbonyl (C=O) groups is 2. The van der Waals surface area contributed by atoms with Gasteiger partial charge in [-0.2, -0.15) is 0 Å². The summed E-state index contributed by atoms with van der Waals surface area (Å²) in [4.78, 5) is 23.1. The Morgan fingerprint density at radius 3 is 2.62 bits per heavy atom. The van der Waals surface area contributed by atoms with Gasteiger partial charge in [0.05, 0.1) is 30.0 Å². The van der Waals surface area contributed by atoms with Gasteiger partial charge >= 0.3 is 5.97 Å². The quantitative estimate of drug-likeness (QED) is 0.810. The average Bonchev–Trinajstić information content (AvgIpc) is 2.40. The number of hydrogen-bond acceptors (Lipinski definition) is 4. The highest BCUT2D eigenvalue weighted by atomic mass is 35.5. The van der Waals surface area contributed by atoms with Crippen molar-refractivity contribution in [3.8, 4) is 0 Å². The second-order valence-corrected chi connectivity index (χ2v) is 6.72. The van der Waals surface area contributed by atoms with Crippen molar-refractivity contribution in [1.82, 2.24) is 0 Å². The van der Waals surface area contributed by atoms with E-state index in [0.29, 0.717) is 17.1 Å². The fourth-order valence-electron chi connectivity index (χ4n) is 1.84. The highest BCUT2D eigenvalue weighted by Crippen LogP contribution is 2.27. The lowest BCUT2D eigenvalue weighted by atomic mass is 10.1. The number of ether oxygens (including phenoxy) is 1. The fourth-order valence-corrected chi connectivity index (χ4v) is 2.97. The van der Waals surface area contributed by atoms with Crippen molar-refractivity contribution in [2.24, 2.45) is 0 Å². The molecule has 6 heteroatoms. The van der Waals surface area contributed by atoms with Gasteiger partial charge in [0.15, 0.2) is 0 Å². The predicted molar refractivity (Wildman–Crippen MR) is 88.1 cm³/mol. The van der Waals surface area contributed by atoms with Crippen LogP contribution in [-0.4, -0.2) is 30.0 Å². The molecule has 0 aromatic heterocycles. The van der Waals surface area contributed by atoms with Crippen molar-refractivity contribution >= 4 is 40.9 Å². The van der Waals surface area contributed by atoms with E-state index in [4.69, 9.17) is 11.6 Å². The molecule has 0 heterocycles. The Balaban J connectivity index is 2.53. The van der Waals surface area contributed by atoms with E-state index in [1.807, 2.05) is 32.9 Å². The Bertz CT molecular complexity index is 511. The second kappa shape index (κ2) is 8.29. The molecule has 0 aliphatic heterocycles. The number of methoxy groups -OCH3 is 1. The van der Waals surface area contributed by atoms with Gasteiger partial charge in [0.2, 0.25) is 5.91 Å². The summed E-state index contributed by atoms with van der Waals surface area (Å²) in [7, 11) is 1.36. The molecule has 0 bridgehead atoms. The maximum atomic E-state index is 12.0. The molecule has 1 aromatic rings. The van der Waals surface area contributed by atoms with Crippen molar-refractivity contribution in [1.29, 1.82) is 0 Å². The van der Waals surface area contributed by atoms with Gasteiger partial charge in [0.25, 0.3) is 0 Å². The summed E-state index contributed by atoms with van der Waals surface area (Å²) in [6.45, 7) is 5.75. The minimum atomic E-state index is -0.271. The summed E-state index contributed by atoms with van der Waals surface area (Å²) in [5.41, 5.74) is 2.63. The molecule has 116 valence electrons. The first-order chi connectivity index (χ1) is 9.83. The monoisotopic (exact) mass is 329 g/mol. The molecule has 0 aliphatic rings. The van der Waals surface area contributed by atoms with Gasteiger partial charge < -0.3 is 10.1 Å². The lowest BCUT2D eigenvalue weighted by Gasteiger charge is -2.13. The number of halogens is 1. The third kappa shape index (κ3) is 5.98. The molecule has 1 aromatic carbocycles. The van der Waals surface area contributed by atoms with Crippen LogP contribution in [0.4, 0.5) is 5.69 Å². The number of anilines is 1. The van der Waals surface area contributed by atoms with E-state index in [9.17, 15) is 9.59 Å². The maximum Gasteiger partial charge on any atom is 0.306 e. The Labute approximate surface area is 134 Å². The van der Waals surface area contributed by atoms with E-state index in [1.165, 1.54) is 18.9 Å². The molecule has 0 aliphatic carbocycles. The fraction of sp³-hybridized carbons (Fsp3) is 0.467. The molecule has 1 atom stereocenters. The Morgan fingerprint density at radius 1 is 1.38 bits per heavy atom. The van der Waals surface area contributed by atoms with E-state index in [-0.39, 0.29) is 22.9 Å². The van der Waals surface area contributed by atoms with Crippen LogP contribution in [0.2, 0.25) is 5.02 Å². The van der Waals surface area contributed by atoms with E-state index in [1.54, 1.807) is 0 Å². The first-order valence-corrected chi connectivity index (χ1v) is 8.01. The molecule has 1 N–H and O–H groups in total. The van der Waals surface area contributed by atoms with Crippen LogP contribution < -0.4 is 5.32 Å². The van der Waals surface area contributed by atoms with E-state index in [0.717, 1.165) is 11.1 Å². The molecule has 0 saturated carbocycles. The number of thioether (sulfide) groups is 1. The largest absolute Gasteiger partial charge is 0.469 e. The predicted octanol–water partition coefficient (Wildman–Crippen LogP) is 3.58. The SMILES string of the molecule is COC(=O)CC(C)SCC(=O)Nc1c(C)cc(C)cc1Cl. The summed E-state index contributed by atoms with van der Waals surface area (Å²) in [6, 6.07) is 3.78. The molecule has 0 saturated heterocycles. The van der Waals surface area contributed by atoms with Crippen molar-refractivity contribution in [2.45, 2.75) is 32.4 Å².